The van der Waals surface area contributed by atoms with Crippen LogP contribution in [0.5, 0.6) is 0 Å². The number of amidine groups is 1. The number of hydrogen-bond acceptors (Lipinski definition) is 2. The first kappa shape index (κ1) is 11.8. The molecule has 0 radical (unpaired) electrons. The fourth-order valence-electron chi connectivity index (χ4n) is 2.67. The molecule has 18 heavy (non-hydrogen) atoms. The number of thioether (sulfide) groups is 1. The number of rotatable bonds is 1. The summed E-state index contributed by atoms with van der Waals surface area (Å²) in [5, 5.41) is 8.76. The van der Waals surface area contributed by atoms with Crippen LogP contribution in [0.1, 0.15) is 43.7 Å². The normalized spacial score (nSPS) is 22.0. The number of nitrogens with one attached hydrogen (secondary N) is 1. The number of nitrogens with zero attached hydrogens (tertiary/aromatic N) is 1. The van der Waals surface area contributed by atoms with E-state index in [0.29, 0.717) is 17.0 Å². The maximum Gasteiger partial charge on any atom is 0.165 e. The minimum Gasteiger partial charge on any atom is -0.293 e. The molecule has 3 rings (SSSR count). The second-order valence-corrected chi connectivity index (χ2v) is 6.31. The van der Waals surface area contributed by atoms with Crippen molar-refractivity contribution in [3.8, 4) is 0 Å². The molecule has 1 unspecified atom stereocenters. The van der Waals surface area contributed by atoms with Gasteiger partial charge in [-0.15, -0.1) is 0 Å². The molecule has 3 heteroatoms. The van der Waals surface area contributed by atoms with E-state index in [9.17, 15) is 0 Å². The first-order chi connectivity index (χ1) is 8.58. The molecule has 2 aliphatic rings. The molecule has 1 fully saturated rings. The standard InChI is InChI=1S/C15H18N2S/c1-9(2)11-4-5-13-10(3)6-12-8-18-15(16)17(12)14(13)7-11/h4-7,9-10,16H,8H2,1-3H3. The van der Waals surface area contributed by atoms with Crippen LogP contribution in [0.3, 0.4) is 0 Å². The van der Waals surface area contributed by atoms with Gasteiger partial charge in [0.15, 0.2) is 5.17 Å². The van der Waals surface area contributed by atoms with Crippen molar-refractivity contribution >= 4 is 22.6 Å². The van der Waals surface area contributed by atoms with Gasteiger partial charge < -0.3 is 0 Å². The maximum absolute atomic E-state index is 8.10. The summed E-state index contributed by atoms with van der Waals surface area (Å²) in [6, 6.07) is 6.73. The zero-order chi connectivity index (χ0) is 12.9. The van der Waals surface area contributed by atoms with E-state index >= 15 is 0 Å². The third-order valence-electron chi connectivity index (χ3n) is 3.74. The molecule has 1 N–H and O–H groups in total. The molecule has 2 heterocycles. The number of allylic oxidation sites excluding steroid dienone is 1. The molecule has 0 bridgehead atoms. The van der Waals surface area contributed by atoms with Gasteiger partial charge in [-0.25, -0.2) is 0 Å². The summed E-state index contributed by atoms with van der Waals surface area (Å²) in [5.41, 5.74) is 5.20. The Balaban J connectivity index is 2.15. The van der Waals surface area contributed by atoms with E-state index in [1.165, 1.54) is 22.5 Å². The molecule has 1 saturated heterocycles. The highest BCUT2D eigenvalue weighted by molar-refractivity contribution is 8.14. The molecule has 1 aromatic carbocycles. The lowest BCUT2D eigenvalue weighted by Crippen LogP contribution is -2.26. The van der Waals surface area contributed by atoms with Gasteiger partial charge in [0, 0.05) is 17.4 Å². The molecular formula is C15H18N2S. The van der Waals surface area contributed by atoms with Crippen LogP contribution in [-0.2, 0) is 0 Å². The van der Waals surface area contributed by atoms with Gasteiger partial charge in [-0.1, -0.05) is 50.7 Å². The van der Waals surface area contributed by atoms with Crippen molar-refractivity contribution in [2.24, 2.45) is 0 Å². The van der Waals surface area contributed by atoms with Gasteiger partial charge in [0.05, 0.1) is 5.69 Å². The summed E-state index contributed by atoms with van der Waals surface area (Å²) in [7, 11) is 0. The van der Waals surface area contributed by atoms with Gasteiger partial charge in [-0.05, 0) is 23.1 Å². The Kier molecular flexibility index (Phi) is 2.74. The Bertz CT molecular complexity index is 545. The van der Waals surface area contributed by atoms with Crippen LogP contribution in [0.4, 0.5) is 5.69 Å². The smallest absolute Gasteiger partial charge is 0.165 e. The number of hydrogen-bond donors (Lipinski definition) is 1. The molecule has 1 aromatic rings. The Labute approximate surface area is 113 Å². The summed E-state index contributed by atoms with van der Waals surface area (Å²) in [6.07, 6.45) is 2.30. The van der Waals surface area contributed by atoms with Crippen molar-refractivity contribution in [3.05, 3.63) is 41.1 Å². The number of fused-ring (bicyclic) bond motifs is 3. The topological polar surface area (TPSA) is 27.1 Å². The monoisotopic (exact) mass is 258 g/mol. The van der Waals surface area contributed by atoms with Crippen LogP contribution >= 0.6 is 11.8 Å². The largest absolute Gasteiger partial charge is 0.293 e. The van der Waals surface area contributed by atoms with Crippen molar-refractivity contribution in [3.63, 3.8) is 0 Å². The van der Waals surface area contributed by atoms with Gasteiger partial charge in [-0.2, -0.15) is 0 Å². The molecule has 94 valence electrons. The van der Waals surface area contributed by atoms with E-state index in [2.05, 4.69) is 49.9 Å². The Hall–Kier alpha value is -1.22. The zero-order valence-electron chi connectivity index (χ0n) is 11.0. The molecule has 0 saturated carbocycles. The molecule has 0 aliphatic carbocycles. The Morgan fingerprint density at radius 3 is 2.89 bits per heavy atom. The third kappa shape index (κ3) is 1.69. The second kappa shape index (κ2) is 4.16. The zero-order valence-corrected chi connectivity index (χ0v) is 11.8. The third-order valence-corrected chi connectivity index (χ3v) is 4.64. The van der Waals surface area contributed by atoms with Gasteiger partial charge >= 0.3 is 0 Å². The lowest BCUT2D eigenvalue weighted by molar-refractivity contribution is 0.855. The molecule has 0 spiro atoms. The summed E-state index contributed by atoms with van der Waals surface area (Å²) < 4.78 is 0. The summed E-state index contributed by atoms with van der Waals surface area (Å²) in [6.45, 7) is 6.67. The van der Waals surface area contributed by atoms with Crippen molar-refractivity contribution in [2.45, 2.75) is 32.6 Å². The highest BCUT2D eigenvalue weighted by Gasteiger charge is 2.31. The van der Waals surface area contributed by atoms with Crippen LogP contribution in [0.25, 0.3) is 0 Å². The van der Waals surface area contributed by atoms with Crippen molar-refractivity contribution < 1.29 is 0 Å². The van der Waals surface area contributed by atoms with Gasteiger partial charge in [-0.3, -0.25) is 10.3 Å². The molecule has 1 atom stereocenters. The van der Waals surface area contributed by atoms with Gasteiger partial charge in [0.25, 0.3) is 0 Å². The second-order valence-electron chi connectivity index (χ2n) is 5.35. The van der Waals surface area contributed by atoms with E-state index in [1.54, 1.807) is 11.8 Å². The predicted octanol–water partition coefficient (Wildman–Crippen LogP) is 4.30. The first-order valence-electron chi connectivity index (χ1n) is 6.44. The summed E-state index contributed by atoms with van der Waals surface area (Å²) in [5.74, 6) is 1.93. The lowest BCUT2D eigenvalue weighted by Gasteiger charge is -2.30. The highest BCUT2D eigenvalue weighted by Crippen LogP contribution is 2.43. The average Bonchev–Trinajstić information content (AvgIpc) is 2.70. The highest BCUT2D eigenvalue weighted by atomic mass is 32.2. The Morgan fingerprint density at radius 2 is 2.17 bits per heavy atom. The van der Waals surface area contributed by atoms with Crippen molar-refractivity contribution in [1.82, 2.24) is 0 Å². The van der Waals surface area contributed by atoms with Crippen molar-refractivity contribution in [1.29, 1.82) is 5.41 Å². The fourth-order valence-corrected chi connectivity index (χ4v) is 3.52. The van der Waals surface area contributed by atoms with E-state index in [0.717, 1.165) is 5.75 Å². The Morgan fingerprint density at radius 1 is 1.39 bits per heavy atom. The number of benzene rings is 1. The molecule has 0 amide bonds. The number of anilines is 1. The maximum atomic E-state index is 8.10. The van der Waals surface area contributed by atoms with E-state index in [1.807, 2.05) is 0 Å². The predicted molar refractivity (Wildman–Crippen MR) is 79.7 cm³/mol. The van der Waals surface area contributed by atoms with Crippen LogP contribution in [0.15, 0.2) is 30.0 Å². The van der Waals surface area contributed by atoms with Crippen LogP contribution in [0.2, 0.25) is 0 Å². The molecule has 2 aliphatic heterocycles. The van der Waals surface area contributed by atoms with E-state index < -0.39 is 0 Å². The van der Waals surface area contributed by atoms with E-state index in [-0.39, 0.29) is 0 Å². The van der Waals surface area contributed by atoms with Crippen LogP contribution in [-0.4, -0.2) is 10.9 Å². The van der Waals surface area contributed by atoms with Crippen LogP contribution < -0.4 is 4.90 Å². The lowest BCUT2D eigenvalue weighted by atomic mass is 9.90. The average molecular weight is 258 g/mol. The summed E-state index contributed by atoms with van der Waals surface area (Å²) >= 11 is 1.62. The molecule has 0 aromatic heterocycles. The van der Waals surface area contributed by atoms with Crippen molar-refractivity contribution in [2.75, 3.05) is 10.7 Å². The SMILES string of the molecule is CC(C)c1ccc2c(c1)N1C(=N)SCC1=CC2C. The minimum atomic E-state index is 0.457. The summed E-state index contributed by atoms with van der Waals surface area (Å²) in [4.78, 5) is 2.12. The van der Waals surface area contributed by atoms with E-state index in [4.69, 9.17) is 5.41 Å². The molecular weight excluding hydrogens is 240 g/mol. The minimum absolute atomic E-state index is 0.457. The quantitative estimate of drug-likeness (QED) is 0.813. The first-order valence-corrected chi connectivity index (χ1v) is 7.42. The van der Waals surface area contributed by atoms with Gasteiger partial charge in [0.2, 0.25) is 0 Å². The fraction of sp³-hybridized carbons (Fsp3) is 0.400. The van der Waals surface area contributed by atoms with Crippen LogP contribution in [0, 0.1) is 5.41 Å². The van der Waals surface area contributed by atoms with Gasteiger partial charge in [0.1, 0.15) is 0 Å². The molecule has 2 nitrogen and oxygen atoms in total.